The molecule has 0 saturated carbocycles. The van der Waals surface area contributed by atoms with E-state index in [2.05, 4.69) is 12.6 Å². The van der Waals surface area contributed by atoms with Crippen molar-refractivity contribution in [2.24, 2.45) is 0 Å². The second-order valence-electron chi connectivity index (χ2n) is 3.59. The minimum absolute atomic E-state index is 0.138. The quantitative estimate of drug-likeness (QED) is 0.713. The van der Waals surface area contributed by atoms with Gasteiger partial charge in [-0.05, 0) is 17.7 Å². The predicted molar refractivity (Wildman–Crippen MR) is 54.0 cm³/mol. The van der Waals surface area contributed by atoms with Gasteiger partial charge in [-0.3, -0.25) is 0 Å². The molecule has 0 aromatic heterocycles. The van der Waals surface area contributed by atoms with E-state index in [0.717, 1.165) is 17.1 Å². The summed E-state index contributed by atoms with van der Waals surface area (Å²) < 4.78 is 15.6. The molecule has 0 radical (unpaired) electrons. The van der Waals surface area contributed by atoms with Crippen LogP contribution < -0.4 is 9.47 Å². The molecule has 4 heteroatoms. The lowest BCUT2D eigenvalue weighted by molar-refractivity contribution is -0.00974. The van der Waals surface area contributed by atoms with Crippen LogP contribution in [0.3, 0.4) is 0 Å². The maximum absolute atomic E-state index is 5.31. The van der Waals surface area contributed by atoms with Gasteiger partial charge in [0.1, 0.15) is 0 Å². The monoisotopic (exact) mass is 210 g/mol. The molecule has 1 fully saturated rings. The minimum Gasteiger partial charge on any atom is -0.454 e. The third-order valence-electron chi connectivity index (χ3n) is 2.59. The lowest BCUT2D eigenvalue weighted by Crippen LogP contribution is -2.41. The molecule has 0 atom stereocenters. The molecule has 0 unspecified atom stereocenters. The van der Waals surface area contributed by atoms with Crippen LogP contribution in [-0.2, 0) is 9.48 Å². The van der Waals surface area contributed by atoms with Crippen molar-refractivity contribution in [3.8, 4) is 11.5 Å². The number of benzene rings is 1. The first-order valence-corrected chi connectivity index (χ1v) is 4.93. The van der Waals surface area contributed by atoms with Crippen molar-refractivity contribution in [2.45, 2.75) is 4.75 Å². The van der Waals surface area contributed by atoms with Crippen LogP contribution in [0.5, 0.6) is 11.5 Å². The summed E-state index contributed by atoms with van der Waals surface area (Å²) >= 11 is 4.58. The largest absolute Gasteiger partial charge is 0.454 e. The Hall–Kier alpha value is -0.870. The molecule has 14 heavy (non-hydrogen) atoms. The summed E-state index contributed by atoms with van der Waals surface area (Å²) in [7, 11) is 0. The summed E-state index contributed by atoms with van der Waals surface area (Å²) in [6.45, 7) is 1.64. The molecule has 3 rings (SSSR count). The highest BCUT2D eigenvalue weighted by atomic mass is 32.1. The standard InChI is InChI=1S/C10H10O3S/c14-10(4-11-5-10)7-1-2-8-9(3-7)13-6-12-8/h1-3,14H,4-6H2. The minimum atomic E-state index is -0.138. The van der Waals surface area contributed by atoms with Gasteiger partial charge in [0.05, 0.1) is 18.0 Å². The second kappa shape index (κ2) is 2.81. The second-order valence-corrected chi connectivity index (χ2v) is 4.45. The fourth-order valence-electron chi connectivity index (χ4n) is 1.65. The van der Waals surface area contributed by atoms with Crippen LogP contribution in [0.1, 0.15) is 5.56 Å². The van der Waals surface area contributed by atoms with E-state index in [1.54, 1.807) is 0 Å². The van der Waals surface area contributed by atoms with Gasteiger partial charge in [0, 0.05) is 0 Å². The van der Waals surface area contributed by atoms with E-state index >= 15 is 0 Å². The molecule has 0 amide bonds. The van der Waals surface area contributed by atoms with Gasteiger partial charge in [-0.1, -0.05) is 6.07 Å². The van der Waals surface area contributed by atoms with Crippen LogP contribution in [0, 0.1) is 0 Å². The zero-order valence-electron chi connectivity index (χ0n) is 7.53. The van der Waals surface area contributed by atoms with Gasteiger partial charge in [-0.25, -0.2) is 0 Å². The number of rotatable bonds is 1. The Morgan fingerprint density at radius 3 is 2.64 bits per heavy atom. The van der Waals surface area contributed by atoms with Crippen LogP contribution in [-0.4, -0.2) is 20.0 Å². The Morgan fingerprint density at radius 2 is 1.93 bits per heavy atom. The summed E-state index contributed by atoms with van der Waals surface area (Å²) in [6.07, 6.45) is 0. The van der Waals surface area contributed by atoms with Gasteiger partial charge in [-0.2, -0.15) is 12.6 Å². The fourth-order valence-corrected chi connectivity index (χ4v) is 1.97. The van der Waals surface area contributed by atoms with E-state index in [0.29, 0.717) is 20.0 Å². The van der Waals surface area contributed by atoms with Gasteiger partial charge < -0.3 is 14.2 Å². The topological polar surface area (TPSA) is 27.7 Å². The van der Waals surface area contributed by atoms with Crippen LogP contribution in [0.2, 0.25) is 0 Å². The number of thiol groups is 1. The molecule has 1 aromatic carbocycles. The Labute approximate surface area is 87.4 Å². The Bertz CT molecular complexity index is 374. The summed E-state index contributed by atoms with van der Waals surface area (Å²) in [5, 5.41) is 0. The highest BCUT2D eigenvalue weighted by Gasteiger charge is 2.37. The molecule has 3 nitrogen and oxygen atoms in total. The summed E-state index contributed by atoms with van der Waals surface area (Å²) in [4.78, 5) is 0. The van der Waals surface area contributed by atoms with Crippen LogP contribution in [0.4, 0.5) is 0 Å². The molecule has 0 spiro atoms. The van der Waals surface area contributed by atoms with Crippen molar-refractivity contribution < 1.29 is 14.2 Å². The third kappa shape index (κ3) is 1.11. The van der Waals surface area contributed by atoms with Crippen molar-refractivity contribution in [1.82, 2.24) is 0 Å². The fraction of sp³-hybridized carbons (Fsp3) is 0.400. The SMILES string of the molecule is SC1(c2ccc3c(c2)OCO3)COC1. The van der Waals surface area contributed by atoms with E-state index in [9.17, 15) is 0 Å². The number of fused-ring (bicyclic) bond motifs is 1. The number of hydrogen-bond acceptors (Lipinski definition) is 4. The van der Waals surface area contributed by atoms with Crippen molar-refractivity contribution >= 4 is 12.6 Å². The summed E-state index contributed by atoms with van der Waals surface area (Å²) in [5.74, 6) is 1.62. The number of hydrogen-bond donors (Lipinski definition) is 1. The van der Waals surface area contributed by atoms with Gasteiger partial charge in [0.25, 0.3) is 0 Å². The highest BCUT2D eigenvalue weighted by Crippen LogP contribution is 2.41. The smallest absolute Gasteiger partial charge is 0.231 e. The highest BCUT2D eigenvalue weighted by molar-refractivity contribution is 7.81. The molecule has 0 aliphatic carbocycles. The first kappa shape index (κ1) is 8.44. The average Bonchev–Trinajstić information content (AvgIpc) is 2.60. The normalized spacial score (nSPS) is 21.8. The van der Waals surface area contributed by atoms with Crippen molar-refractivity contribution in [3.05, 3.63) is 23.8 Å². The molecule has 0 N–H and O–H groups in total. The molecule has 2 aliphatic rings. The lowest BCUT2D eigenvalue weighted by atomic mass is 9.96. The molecule has 2 heterocycles. The van der Waals surface area contributed by atoms with Gasteiger partial charge in [0.15, 0.2) is 11.5 Å². The van der Waals surface area contributed by atoms with Crippen LogP contribution >= 0.6 is 12.6 Å². The van der Waals surface area contributed by atoms with Crippen molar-refractivity contribution in [1.29, 1.82) is 0 Å². The average molecular weight is 210 g/mol. The molecule has 1 aromatic rings. The Morgan fingerprint density at radius 1 is 1.14 bits per heavy atom. The van der Waals surface area contributed by atoms with Gasteiger partial charge in [-0.15, -0.1) is 0 Å². The first-order valence-electron chi connectivity index (χ1n) is 4.48. The molecular formula is C10H10O3S. The predicted octanol–water partition coefficient (Wildman–Crippen LogP) is 1.57. The molecule has 2 aliphatic heterocycles. The summed E-state index contributed by atoms with van der Waals surface area (Å²) in [5.41, 5.74) is 1.14. The zero-order chi connectivity index (χ0) is 9.60. The van der Waals surface area contributed by atoms with E-state index in [-0.39, 0.29) is 4.75 Å². The van der Waals surface area contributed by atoms with Gasteiger partial charge >= 0.3 is 0 Å². The van der Waals surface area contributed by atoms with E-state index in [1.165, 1.54) is 0 Å². The molecule has 74 valence electrons. The first-order chi connectivity index (χ1) is 6.78. The maximum atomic E-state index is 5.31. The third-order valence-corrected chi connectivity index (χ3v) is 3.11. The van der Waals surface area contributed by atoms with Crippen LogP contribution in [0.25, 0.3) is 0 Å². The Kier molecular flexibility index (Phi) is 1.69. The van der Waals surface area contributed by atoms with Crippen molar-refractivity contribution in [3.63, 3.8) is 0 Å². The van der Waals surface area contributed by atoms with E-state index in [4.69, 9.17) is 14.2 Å². The summed E-state index contributed by atoms with van der Waals surface area (Å²) in [6, 6.07) is 5.93. The Balaban J connectivity index is 2.00. The van der Waals surface area contributed by atoms with E-state index < -0.39 is 0 Å². The van der Waals surface area contributed by atoms with Gasteiger partial charge in [0.2, 0.25) is 6.79 Å². The zero-order valence-corrected chi connectivity index (χ0v) is 8.42. The van der Waals surface area contributed by atoms with E-state index in [1.807, 2.05) is 18.2 Å². The molecular weight excluding hydrogens is 200 g/mol. The maximum Gasteiger partial charge on any atom is 0.231 e. The molecule has 0 bridgehead atoms. The lowest BCUT2D eigenvalue weighted by Gasteiger charge is -2.37. The van der Waals surface area contributed by atoms with Crippen LogP contribution in [0.15, 0.2) is 18.2 Å². The van der Waals surface area contributed by atoms with Crippen molar-refractivity contribution in [2.75, 3.05) is 20.0 Å². The number of ether oxygens (including phenoxy) is 3. The molecule has 1 saturated heterocycles.